The summed E-state index contributed by atoms with van der Waals surface area (Å²) >= 11 is 0. The fourth-order valence-corrected chi connectivity index (χ4v) is 4.52. The molecule has 3 nitrogen and oxygen atoms in total. The lowest BCUT2D eigenvalue weighted by atomic mass is 10.0. The van der Waals surface area contributed by atoms with Crippen LogP contribution in [0, 0.1) is 0 Å². The first kappa shape index (κ1) is 27.4. The molecule has 2 aromatic rings. The van der Waals surface area contributed by atoms with Gasteiger partial charge < -0.3 is 9.47 Å². The van der Waals surface area contributed by atoms with E-state index < -0.39 is 0 Å². The highest BCUT2D eigenvalue weighted by Gasteiger charge is 2.30. The molecule has 3 heteroatoms. The highest BCUT2D eigenvalue weighted by molar-refractivity contribution is 5.79. The van der Waals surface area contributed by atoms with Gasteiger partial charge in [0.1, 0.15) is 12.1 Å². The van der Waals surface area contributed by atoms with E-state index >= 15 is 0 Å². The molecule has 3 rings (SSSR count). The maximum absolute atomic E-state index is 6.36. The van der Waals surface area contributed by atoms with Crippen LogP contribution in [0.3, 0.4) is 0 Å². The van der Waals surface area contributed by atoms with Crippen LogP contribution in [0.4, 0.5) is 0 Å². The van der Waals surface area contributed by atoms with Crippen LogP contribution >= 0.6 is 0 Å². The Balaban J connectivity index is 1.41. The number of unbranched alkanes of at least 4 members (excludes halogenated alkanes) is 11. The molecule has 0 aliphatic carbocycles. The van der Waals surface area contributed by atoms with E-state index in [1.54, 1.807) is 0 Å². The van der Waals surface area contributed by atoms with Gasteiger partial charge in [0.05, 0.1) is 6.61 Å². The Kier molecular flexibility index (Phi) is 13.5. The largest absolute Gasteiger partial charge is 0.346 e. The van der Waals surface area contributed by atoms with Crippen molar-refractivity contribution in [2.24, 2.45) is 4.99 Å². The molecule has 1 fully saturated rings. The van der Waals surface area contributed by atoms with Gasteiger partial charge in [-0.1, -0.05) is 144 Å². The van der Waals surface area contributed by atoms with Gasteiger partial charge in [0.2, 0.25) is 0 Å². The van der Waals surface area contributed by atoms with Crippen LogP contribution in [0.2, 0.25) is 0 Å². The lowest BCUT2D eigenvalue weighted by Crippen LogP contribution is -2.38. The topological polar surface area (TPSA) is 30.8 Å². The first-order valence-electron chi connectivity index (χ1n) is 13.9. The number of ether oxygens (including phenoxy) is 2. The summed E-state index contributed by atoms with van der Waals surface area (Å²) in [6.07, 6.45) is 22.2. The molecule has 2 aromatic carbocycles. The van der Waals surface area contributed by atoms with E-state index in [-0.39, 0.29) is 18.4 Å². The third kappa shape index (κ3) is 10.9. The van der Waals surface area contributed by atoms with Gasteiger partial charge in [-0.25, -0.2) is 0 Å². The van der Waals surface area contributed by atoms with Crippen molar-refractivity contribution in [3.8, 4) is 0 Å². The number of hydrogen-bond acceptors (Lipinski definition) is 3. The fourth-order valence-electron chi connectivity index (χ4n) is 4.52. The van der Waals surface area contributed by atoms with E-state index in [2.05, 4.69) is 43.3 Å². The minimum atomic E-state index is -0.337. The Morgan fingerprint density at radius 3 is 2.03 bits per heavy atom. The van der Waals surface area contributed by atoms with Crippen molar-refractivity contribution in [2.75, 3.05) is 6.61 Å². The highest BCUT2D eigenvalue weighted by Crippen LogP contribution is 2.28. The maximum atomic E-state index is 6.36. The SMILES string of the molecule is CCCCCCCCCCCCC/C=C/[C@H]1OC(c2ccccc2)OC[C@@H]1N=Cc1ccccc1. The van der Waals surface area contributed by atoms with Gasteiger partial charge in [-0.2, -0.15) is 0 Å². The van der Waals surface area contributed by atoms with Gasteiger partial charge >= 0.3 is 0 Å². The van der Waals surface area contributed by atoms with Gasteiger partial charge in [-0.15, -0.1) is 0 Å². The number of benzene rings is 2. The van der Waals surface area contributed by atoms with Crippen LogP contribution < -0.4 is 0 Å². The second-order valence-corrected chi connectivity index (χ2v) is 9.69. The second-order valence-electron chi connectivity index (χ2n) is 9.69. The number of hydrogen-bond donors (Lipinski definition) is 0. The zero-order valence-electron chi connectivity index (χ0n) is 21.7. The molecule has 0 N–H and O–H groups in total. The van der Waals surface area contributed by atoms with E-state index in [4.69, 9.17) is 14.5 Å². The average Bonchev–Trinajstić information content (AvgIpc) is 2.91. The summed E-state index contributed by atoms with van der Waals surface area (Å²) in [4.78, 5) is 4.82. The number of nitrogens with zero attached hydrogens (tertiary/aromatic N) is 1. The van der Waals surface area contributed by atoms with E-state index in [9.17, 15) is 0 Å². The zero-order valence-corrected chi connectivity index (χ0v) is 21.7. The summed E-state index contributed by atoms with van der Waals surface area (Å²) in [5.74, 6) is 0. The lowest BCUT2D eigenvalue weighted by Gasteiger charge is -2.33. The summed E-state index contributed by atoms with van der Waals surface area (Å²) in [7, 11) is 0. The van der Waals surface area contributed by atoms with Crippen LogP contribution in [0.25, 0.3) is 0 Å². The monoisotopic (exact) mass is 475 g/mol. The van der Waals surface area contributed by atoms with Gasteiger partial charge in [0.15, 0.2) is 6.29 Å². The summed E-state index contributed by atoms with van der Waals surface area (Å²) in [5.41, 5.74) is 2.16. The predicted molar refractivity (Wildman–Crippen MR) is 148 cm³/mol. The molecule has 1 heterocycles. The first-order valence-corrected chi connectivity index (χ1v) is 13.9. The summed E-state index contributed by atoms with van der Waals surface area (Å²) < 4.78 is 12.4. The highest BCUT2D eigenvalue weighted by atomic mass is 16.7. The number of allylic oxidation sites excluding steroid dienone is 1. The fraction of sp³-hybridized carbons (Fsp3) is 0.531. The summed E-state index contributed by atoms with van der Waals surface area (Å²) in [6.45, 7) is 2.84. The van der Waals surface area contributed by atoms with Crippen molar-refractivity contribution in [1.29, 1.82) is 0 Å². The number of aliphatic imine (C=N–C) groups is 1. The molecule has 0 radical (unpaired) electrons. The third-order valence-corrected chi connectivity index (χ3v) is 6.66. The molecule has 0 bridgehead atoms. The van der Waals surface area contributed by atoms with Crippen molar-refractivity contribution in [2.45, 2.75) is 102 Å². The molecule has 1 saturated heterocycles. The van der Waals surface area contributed by atoms with Crippen LogP contribution in [-0.2, 0) is 9.47 Å². The first-order chi connectivity index (χ1) is 17.4. The van der Waals surface area contributed by atoms with E-state index in [1.807, 2.05) is 42.6 Å². The minimum Gasteiger partial charge on any atom is -0.346 e. The number of rotatable bonds is 16. The Bertz CT molecular complexity index is 833. The Morgan fingerprint density at radius 2 is 1.37 bits per heavy atom. The van der Waals surface area contributed by atoms with Crippen molar-refractivity contribution in [1.82, 2.24) is 0 Å². The average molecular weight is 476 g/mol. The molecule has 0 aromatic heterocycles. The Hall–Kier alpha value is -2.23. The smallest absolute Gasteiger partial charge is 0.184 e. The van der Waals surface area contributed by atoms with E-state index in [0.29, 0.717) is 6.61 Å². The van der Waals surface area contributed by atoms with Gasteiger partial charge in [-0.3, -0.25) is 4.99 Å². The predicted octanol–water partition coefficient (Wildman–Crippen LogP) is 8.85. The zero-order chi connectivity index (χ0) is 24.4. The molecule has 1 aliphatic rings. The van der Waals surface area contributed by atoms with Crippen molar-refractivity contribution >= 4 is 6.21 Å². The van der Waals surface area contributed by atoms with Crippen molar-refractivity contribution in [3.63, 3.8) is 0 Å². The van der Waals surface area contributed by atoms with Crippen molar-refractivity contribution in [3.05, 3.63) is 83.9 Å². The molecular weight excluding hydrogens is 430 g/mol. The normalized spacial score (nSPS) is 20.7. The molecule has 0 saturated carbocycles. The summed E-state index contributed by atoms with van der Waals surface area (Å²) in [6, 6.07) is 20.4. The van der Waals surface area contributed by atoms with E-state index in [0.717, 1.165) is 17.5 Å². The minimum absolute atomic E-state index is 0.0382. The standard InChI is InChI=1S/C32H45NO2/c1-2-3-4-5-6-7-8-9-10-11-12-13-20-25-31-30(33-26-28-21-16-14-17-22-28)27-34-32(35-31)29-23-18-15-19-24-29/h14-26,30-32H,2-13,27H2,1H3/b25-20+,33-26?/t30-,31+,32?/m0/s1. The summed E-state index contributed by atoms with van der Waals surface area (Å²) in [5, 5.41) is 0. The third-order valence-electron chi connectivity index (χ3n) is 6.66. The molecular formula is C32H45NO2. The second kappa shape index (κ2) is 17.2. The Morgan fingerprint density at radius 1 is 0.771 bits per heavy atom. The lowest BCUT2D eigenvalue weighted by molar-refractivity contribution is -0.211. The molecule has 1 aliphatic heterocycles. The van der Waals surface area contributed by atoms with Crippen molar-refractivity contribution < 1.29 is 9.47 Å². The Labute approximate surface area is 213 Å². The van der Waals surface area contributed by atoms with Crippen LogP contribution in [0.1, 0.15) is 101 Å². The molecule has 3 atom stereocenters. The molecule has 0 amide bonds. The molecule has 0 spiro atoms. The van der Waals surface area contributed by atoms with E-state index in [1.165, 1.54) is 70.6 Å². The van der Waals surface area contributed by atoms with Crippen LogP contribution in [-0.4, -0.2) is 25.0 Å². The molecule has 35 heavy (non-hydrogen) atoms. The van der Waals surface area contributed by atoms with Crippen LogP contribution in [0.5, 0.6) is 0 Å². The van der Waals surface area contributed by atoms with Gasteiger partial charge in [0.25, 0.3) is 0 Å². The molecule has 190 valence electrons. The maximum Gasteiger partial charge on any atom is 0.184 e. The van der Waals surface area contributed by atoms with Gasteiger partial charge in [-0.05, 0) is 18.4 Å². The quantitative estimate of drug-likeness (QED) is 0.138. The van der Waals surface area contributed by atoms with Gasteiger partial charge in [0, 0.05) is 11.8 Å². The molecule has 1 unspecified atom stereocenters. The van der Waals surface area contributed by atoms with Crippen LogP contribution in [0.15, 0.2) is 77.8 Å².